The first-order chi connectivity index (χ1) is 10.4. The van der Waals surface area contributed by atoms with Gasteiger partial charge in [-0.1, -0.05) is 84.9 Å². The van der Waals surface area contributed by atoms with Gasteiger partial charge in [-0.15, -0.1) is 0 Å². The molecule has 0 spiro atoms. The quantitative estimate of drug-likeness (QED) is 0.616. The van der Waals surface area contributed by atoms with Gasteiger partial charge in [0.2, 0.25) is 0 Å². The Kier molecular flexibility index (Phi) is 3.87. The van der Waals surface area contributed by atoms with E-state index in [9.17, 15) is 0 Å². The van der Waals surface area contributed by atoms with Crippen molar-refractivity contribution in [2.75, 3.05) is 0 Å². The predicted octanol–water partition coefficient (Wildman–Crippen LogP) is 4.34. The van der Waals surface area contributed by atoms with E-state index in [1.807, 2.05) is 0 Å². The number of rotatable bonds is 2. The van der Waals surface area contributed by atoms with Crippen molar-refractivity contribution in [3.8, 4) is 0 Å². The summed E-state index contributed by atoms with van der Waals surface area (Å²) >= 11 is 0. The molecule has 102 valence electrons. The van der Waals surface area contributed by atoms with Crippen molar-refractivity contribution in [3.63, 3.8) is 0 Å². The third-order valence-corrected chi connectivity index (χ3v) is 14.3. The van der Waals surface area contributed by atoms with Gasteiger partial charge in [0.15, 0.2) is 0 Å². The maximum absolute atomic E-state index is 2.34. The summed E-state index contributed by atoms with van der Waals surface area (Å²) in [7, 11) is 1.16. The normalized spacial score (nSPS) is 21.3. The topological polar surface area (TPSA) is 0 Å². The number of fused-ring (bicyclic) bond motifs is 1. The lowest BCUT2D eigenvalue weighted by molar-refractivity contribution is 1.77. The zero-order valence-electron chi connectivity index (χ0n) is 11.4. The summed E-state index contributed by atoms with van der Waals surface area (Å²) in [6.45, 7) is 0. The Morgan fingerprint density at radius 1 is 0.476 bits per heavy atom. The van der Waals surface area contributed by atoms with E-state index in [-0.39, 0.29) is 15.2 Å². The Labute approximate surface area is 129 Å². The molecule has 0 aliphatic carbocycles. The molecular formula is C18H14P3-. The summed E-state index contributed by atoms with van der Waals surface area (Å²) in [6.07, 6.45) is 0. The van der Waals surface area contributed by atoms with E-state index in [0.717, 1.165) is 0 Å². The Morgan fingerprint density at radius 2 is 0.857 bits per heavy atom. The molecule has 0 saturated carbocycles. The Morgan fingerprint density at radius 3 is 1.29 bits per heavy atom. The van der Waals surface area contributed by atoms with Crippen molar-refractivity contribution in [2.24, 2.45) is 0 Å². The highest BCUT2D eigenvalue weighted by Gasteiger charge is 2.20. The highest BCUT2D eigenvalue weighted by Crippen LogP contribution is 2.76. The molecule has 0 amide bonds. The van der Waals surface area contributed by atoms with Crippen LogP contribution in [-0.4, -0.2) is 0 Å². The second-order valence-corrected chi connectivity index (χ2v) is 12.8. The molecule has 0 aromatic heterocycles. The second kappa shape index (κ2) is 5.98. The minimum absolute atomic E-state index is 0.218. The largest absolute Gasteiger partial charge is 0.456 e. The molecular weight excluding hydrogens is 309 g/mol. The van der Waals surface area contributed by atoms with E-state index in [2.05, 4.69) is 84.9 Å². The van der Waals surface area contributed by atoms with Crippen molar-refractivity contribution in [3.05, 3.63) is 84.9 Å². The molecule has 2 atom stereocenters. The van der Waals surface area contributed by atoms with Crippen LogP contribution >= 0.6 is 23.2 Å². The number of hydrogen-bond donors (Lipinski definition) is 0. The van der Waals surface area contributed by atoms with E-state index < -0.39 is 0 Å². The molecule has 3 aromatic carbocycles. The molecule has 1 aliphatic heterocycles. The van der Waals surface area contributed by atoms with Crippen LogP contribution in [-0.2, 0) is 0 Å². The molecule has 3 heteroatoms. The number of hydrogen-bond acceptors (Lipinski definition) is 0. The van der Waals surface area contributed by atoms with Gasteiger partial charge in [0.05, 0.1) is 0 Å². The summed E-state index contributed by atoms with van der Waals surface area (Å²) in [5, 5.41) is 6.16. The van der Waals surface area contributed by atoms with Gasteiger partial charge in [-0.2, -0.15) is 0 Å². The van der Waals surface area contributed by atoms with Crippen LogP contribution < -0.4 is 21.2 Å². The van der Waals surface area contributed by atoms with Crippen LogP contribution in [0, 0.1) is 0 Å². The minimum atomic E-state index is -0.218. The summed E-state index contributed by atoms with van der Waals surface area (Å²) in [6, 6.07) is 31.1. The lowest BCUT2D eigenvalue weighted by atomic mass is 10.4. The van der Waals surface area contributed by atoms with Gasteiger partial charge in [-0.3, -0.25) is 0 Å². The molecule has 0 bridgehead atoms. The van der Waals surface area contributed by atoms with Gasteiger partial charge in [0.1, 0.15) is 0 Å². The standard InChI is InChI=1S/C18H14P3/c1-3-9-15(10-4-1)20-17-13-7-8-14-18(17)21(19-20)16-11-5-2-6-12-16/h1-14H/q-1. The van der Waals surface area contributed by atoms with Crippen LogP contribution in [0.15, 0.2) is 84.9 Å². The van der Waals surface area contributed by atoms with Crippen LogP contribution in [0.25, 0.3) is 0 Å². The van der Waals surface area contributed by atoms with Gasteiger partial charge in [-0.05, 0) is 21.2 Å². The van der Waals surface area contributed by atoms with Gasteiger partial charge in [0.25, 0.3) is 0 Å². The van der Waals surface area contributed by atoms with Crippen LogP contribution in [0.4, 0.5) is 0 Å². The smallest absolute Gasteiger partial charge is 0.0434 e. The molecule has 3 aromatic rings. The average Bonchev–Trinajstić information content (AvgIpc) is 2.96. The molecule has 4 rings (SSSR count). The van der Waals surface area contributed by atoms with E-state index >= 15 is 0 Å². The lowest BCUT2D eigenvalue weighted by Gasteiger charge is -2.30. The summed E-state index contributed by atoms with van der Waals surface area (Å²) in [4.78, 5) is 0. The third-order valence-electron chi connectivity index (χ3n) is 3.52. The first-order valence-electron chi connectivity index (χ1n) is 6.94. The first kappa shape index (κ1) is 13.6. The van der Waals surface area contributed by atoms with E-state index in [1.54, 1.807) is 18.6 Å². The minimum Gasteiger partial charge on any atom is -0.456 e. The van der Waals surface area contributed by atoms with Crippen molar-refractivity contribution in [2.45, 2.75) is 0 Å². The highest BCUT2D eigenvalue weighted by atomic mass is 32.4. The average molecular weight is 323 g/mol. The fourth-order valence-corrected chi connectivity index (χ4v) is 15.5. The summed E-state index contributed by atoms with van der Waals surface area (Å²) in [5.41, 5.74) is 0. The molecule has 2 unspecified atom stereocenters. The van der Waals surface area contributed by atoms with E-state index in [0.29, 0.717) is 0 Å². The van der Waals surface area contributed by atoms with Gasteiger partial charge < -0.3 is 7.96 Å². The number of benzene rings is 3. The van der Waals surface area contributed by atoms with Crippen molar-refractivity contribution < 1.29 is 0 Å². The monoisotopic (exact) mass is 323 g/mol. The zero-order chi connectivity index (χ0) is 14.1. The van der Waals surface area contributed by atoms with E-state index in [1.165, 1.54) is 10.6 Å². The first-order valence-corrected chi connectivity index (χ1v) is 11.9. The molecule has 1 heterocycles. The summed E-state index contributed by atoms with van der Waals surface area (Å²) in [5.74, 6) is 0. The fourth-order valence-electron chi connectivity index (χ4n) is 2.53. The molecule has 0 nitrogen and oxygen atoms in total. The fraction of sp³-hybridized carbons (Fsp3) is 0. The van der Waals surface area contributed by atoms with Gasteiger partial charge in [0, 0.05) is 0 Å². The molecule has 0 saturated heterocycles. The molecule has 1 aliphatic rings. The zero-order valence-corrected chi connectivity index (χ0v) is 14.1. The molecule has 21 heavy (non-hydrogen) atoms. The van der Waals surface area contributed by atoms with Crippen LogP contribution in [0.1, 0.15) is 0 Å². The van der Waals surface area contributed by atoms with Crippen molar-refractivity contribution in [1.82, 2.24) is 0 Å². The van der Waals surface area contributed by atoms with E-state index in [4.69, 9.17) is 0 Å². The van der Waals surface area contributed by atoms with Gasteiger partial charge >= 0.3 is 0 Å². The molecule has 0 fully saturated rings. The van der Waals surface area contributed by atoms with Gasteiger partial charge in [-0.25, -0.2) is 15.2 Å². The maximum Gasteiger partial charge on any atom is -0.0434 e. The van der Waals surface area contributed by atoms with Crippen LogP contribution in [0.2, 0.25) is 0 Å². The molecule has 0 N–H and O–H groups in total. The second-order valence-electron chi connectivity index (χ2n) is 4.87. The predicted molar refractivity (Wildman–Crippen MR) is 98.6 cm³/mol. The summed E-state index contributed by atoms with van der Waals surface area (Å²) < 4.78 is 0. The van der Waals surface area contributed by atoms with Crippen molar-refractivity contribution >= 4 is 44.4 Å². The third kappa shape index (κ3) is 2.58. The van der Waals surface area contributed by atoms with Crippen molar-refractivity contribution in [1.29, 1.82) is 0 Å². The van der Waals surface area contributed by atoms with Crippen LogP contribution in [0.5, 0.6) is 0 Å². The maximum atomic E-state index is 2.34. The molecule has 0 radical (unpaired) electrons. The SMILES string of the molecule is c1ccc(P2[P-]P(c3ccccc3)c3ccccc32)cc1. The Hall–Kier alpha value is -1.05. The van der Waals surface area contributed by atoms with Crippen LogP contribution in [0.3, 0.4) is 0 Å². The Balaban J connectivity index is 1.81. The Bertz CT molecular complexity index is 676. The lowest BCUT2D eigenvalue weighted by Crippen LogP contribution is -2.20. The highest BCUT2D eigenvalue weighted by molar-refractivity contribution is 8.61.